The highest BCUT2D eigenvalue weighted by Gasteiger charge is 2.19. The summed E-state index contributed by atoms with van der Waals surface area (Å²) in [5.74, 6) is -0.840. The molecule has 0 radical (unpaired) electrons. The number of hydrogen-bond acceptors (Lipinski definition) is 5. The number of aliphatic carboxylic acids is 1. The van der Waals surface area contributed by atoms with E-state index in [0.29, 0.717) is 5.69 Å². The van der Waals surface area contributed by atoms with Crippen LogP contribution < -0.4 is 0 Å². The smallest absolute Gasteiger partial charge is 0.309 e. The number of rotatable bonds is 4. The molecule has 0 fully saturated rings. The van der Waals surface area contributed by atoms with Gasteiger partial charge in [-0.25, -0.2) is 9.38 Å². The predicted molar refractivity (Wildman–Crippen MR) is 80.7 cm³/mol. The van der Waals surface area contributed by atoms with Crippen LogP contribution >= 0.6 is 23.3 Å². The number of hydrogen-bond donors (Lipinski definition) is 1. The van der Waals surface area contributed by atoms with E-state index in [9.17, 15) is 4.79 Å². The van der Waals surface area contributed by atoms with Crippen LogP contribution in [0.5, 0.6) is 0 Å². The quantitative estimate of drug-likeness (QED) is 0.860. The average Bonchev–Trinajstić information content (AvgIpc) is 2.69. The van der Waals surface area contributed by atoms with E-state index in [1.807, 2.05) is 6.92 Å². The molecule has 1 aliphatic rings. The Hall–Kier alpha value is -1.14. The van der Waals surface area contributed by atoms with Crippen molar-refractivity contribution >= 4 is 39.9 Å². The van der Waals surface area contributed by atoms with Gasteiger partial charge < -0.3 is 5.11 Å². The molecule has 0 amide bonds. The molecule has 0 saturated carbocycles. The number of nitrogens with zero attached hydrogens (tertiary/aromatic N) is 2. The lowest BCUT2D eigenvalue weighted by Crippen LogP contribution is -2.03. The lowest BCUT2D eigenvalue weighted by atomic mass is 10.1. The van der Waals surface area contributed by atoms with Gasteiger partial charge in [-0.2, -0.15) is 0 Å². The molecule has 0 saturated heterocycles. The number of thiazole rings is 1. The van der Waals surface area contributed by atoms with Gasteiger partial charge in [0.2, 0.25) is 0 Å². The number of aryl methyl sites for hydroxylation is 1. The topological polar surface area (TPSA) is 62.5 Å². The molecular weight excluding hydrogens is 280 g/mol. The van der Waals surface area contributed by atoms with Gasteiger partial charge in [-0.05, 0) is 25.8 Å². The molecular formula is C13H16N2O2S2. The minimum Gasteiger partial charge on any atom is -0.481 e. The first-order chi connectivity index (χ1) is 9.01. The van der Waals surface area contributed by atoms with E-state index in [1.165, 1.54) is 23.2 Å². The lowest BCUT2D eigenvalue weighted by Gasteiger charge is -2.14. The highest BCUT2D eigenvalue weighted by Crippen LogP contribution is 2.39. The maximum atomic E-state index is 10.8. The average molecular weight is 296 g/mol. The van der Waals surface area contributed by atoms with Crippen molar-refractivity contribution < 1.29 is 9.90 Å². The summed E-state index contributed by atoms with van der Waals surface area (Å²) < 4.78 is 4.48. The van der Waals surface area contributed by atoms with Crippen molar-refractivity contribution in [3.8, 4) is 0 Å². The summed E-state index contributed by atoms with van der Waals surface area (Å²) in [7, 11) is 0. The third-order valence-corrected chi connectivity index (χ3v) is 5.17. The maximum Gasteiger partial charge on any atom is 0.309 e. The third kappa shape index (κ3) is 3.25. The summed E-state index contributed by atoms with van der Waals surface area (Å²) in [5.41, 5.74) is 3.14. The minimum absolute atomic E-state index is 0.0111. The molecule has 1 N–H and O–H groups in total. The van der Waals surface area contributed by atoms with E-state index >= 15 is 0 Å². The molecule has 19 heavy (non-hydrogen) atoms. The lowest BCUT2D eigenvalue weighted by molar-refractivity contribution is -0.136. The van der Waals surface area contributed by atoms with Gasteiger partial charge in [0.05, 0.1) is 17.0 Å². The first-order valence-electron chi connectivity index (χ1n) is 6.12. The van der Waals surface area contributed by atoms with E-state index in [1.54, 1.807) is 11.3 Å². The largest absolute Gasteiger partial charge is 0.481 e. The van der Waals surface area contributed by atoms with Gasteiger partial charge >= 0.3 is 5.97 Å². The number of carboxylic acid groups (broad SMARTS) is 1. The minimum atomic E-state index is -0.840. The molecule has 6 heteroatoms. The van der Waals surface area contributed by atoms with Crippen molar-refractivity contribution in [3.63, 3.8) is 0 Å². The molecule has 0 unspecified atom stereocenters. The highest BCUT2D eigenvalue weighted by atomic mass is 32.2. The SMILES string of the molecule is CCC1=NSC(c2nc(CC(=O)O)c(C)s2)=C(C)C1. The molecule has 0 aromatic carbocycles. The van der Waals surface area contributed by atoms with Crippen LogP contribution in [-0.2, 0) is 11.2 Å². The van der Waals surface area contributed by atoms with Crippen LogP contribution in [-0.4, -0.2) is 21.8 Å². The Morgan fingerprint density at radius 3 is 2.74 bits per heavy atom. The third-order valence-electron chi connectivity index (χ3n) is 2.94. The normalized spacial score (nSPS) is 15.6. The van der Waals surface area contributed by atoms with E-state index in [0.717, 1.165) is 27.6 Å². The summed E-state index contributed by atoms with van der Waals surface area (Å²) in [6.07, 6.45) is 1.85. The zero-order chi connectivity index (χ0) is 14.0. The zero-order valence-corrected chi connectivity index (χ0v) is 12.8. The molecule has 0 aliphatic carbocycles. The van der Waals surface area contributed by atoms with Gasteiger partial charge in [0, 0.05) is 29.0 Å². The Kier molecular flexibility index (Phi) is 4.42. The second kappa shape index (κ2) is 5.88. The van der Waals surface area contributed by atoms with Crippen molar-refractivity contribution in [2.75, 3.05) is 0 Å². The van der Waals surface area contributed by atoms with E-state index in [2.05, 4.69) is 23.2 Å². The monoisotopic (exact) mass is 296 g/mol. The summed E-state index contributed by atoms with van der Waals surface area (Å²) in [5, 5.41) is 9.75. The molecule has 4 nitrogen and oxygen atoms in total. The van der Waals surface area contributed by atoms with E-state index < -0.39 is 5.97 Å². The standard InChI is InChI=1S/C13H16N2O2S2/c1-4-9-5-7(2)12(19-15-9)13-14-10(6-11(16)17)8(3)18-13/h4-6H2,1-3H3,(H,16,17). The summed E-state index contributed by atoms with van der Waals surface area (Å²) in [6.45, 7) is 6.13. The maximum absolute atomic E-state index is 10.8. The Balaban J connectivity index is 2.26. The number of carboxylic acids is 1. The van der Waals surface area contributed by atoms with Crippen LogP contribution in [0.25, 0.3) is 4.91 Å². The molecule has 2 heterocycles. The second-order valence-electron chi connectivity index (χ2n) is 4.48. The molecule has 1 aromatic heterocycles. The van der Waals surface area contributed by atoms with Crippen molar-refractivity contribution in [1.29, 1.82) is 0 Å². The first-order valence-corrected chi connectivity index (χ1v) is 7.71. The van der Waals surface area contributed by atoms with Gasteiger partial charge in [-0.3, -0.25) is 4.79 Å². The second-order valence-corrected chi connectivity index (χ2v) is 6.46. The van der Waals surface area contributed by atoms with E-state index in [-0.39, 0.29) is 6.42 Å². The van der Waals surface area contributed by atoms with Gasteiger partial charge in [0.1, 0.15) is 5.01 Å². The van der Waals surface area contributed by atoms with Crippen LogP contribution in [0.2, 0.25) is 0 Å². The molecule has 2 rings (SSSR count). The van der Waals surface area contributed by atoms with Crippen molar-refractivity contribution in [2.24, 2.45) is 4.40 Å². The van der Waals surface area contributed by atoms with Crippen LogP contribution in [0.3, 0.4) is 0 Å². The summed E-state index contributed by atoms with van der Waals surface area (Å²) in [6, 6.07) is 0. The molecule has 0 bridgehead atoms. The summed E-state index contributed by atoms with van der Waals surface area (Å²) >= 11 is 3.02. The van der Waals surface area contributed by atoms with Crippen LogP contribution in [0.15, 0.2) is 9.97 Å². The molecule has 1 aromatic rings. The van der Waals surface area contributed by atoms with Crippen molar-refractivity contribution in [2.45, 2.75) is 40.0 Å². The molecule has 0 spiro atoms. The van der Waals surface area contributed by atoms with Crippen molar-refractivity contribution in [3.05, 3.63) is 21.2 Å². The number of allylic oxidation sites excluding steroid dienone is 1. The Morgan fingerprint density at radius 2 is 2.16 bits per heavy atom. The van der Waals surface area contributed by atoms with Gasteiger partial charge in [0.15, 0.2) is 0 Å². The fraction of sp³-hybridized carbons (Fsp3) is 0.462. The van der Waals surface area contributed by atoms with Gasteiger partial charge in [-0.15, -0.1) is 11.3 Å². The van der Waals surface area contributed by atoms with Crippen LogP contribution in [0, 0.1) is 6.92 Å². The van der Waals surface area contributed by atoms with Crippen LogP contribution in [0.4, 0.5) is 0 Å². The number of carbonyl (C=O) groups is 1. The predicted octanol–water partition coefficient (Wildman–Crippen LogP) is 3.71. The Bertz CT molecular complexity index is 573. The zero-order valence-electron chi connectivity index (χ0n) is 11.2. The van der Waals surface area contributed by atoms with E-state index in [4.69, 9.17) is 5.11 Å². The Morgan fingerprint density at radius 1 is 1.42 bits per heavy atom. The molecule has 0 atom stereocenters. The van der Waals surface area contributed by atoms with Crippen molar-refractivity contribution in [1.82, 2.24) is 4.98 Å². The first kappa shape index (κ1) is 14.3. The van der Waals surface area contributed by atoms with Crippen LogP contribution in [0.1, 0.15) is 42.3 Å². The fourth-order valence-corrected chi connectivity index (χ4v) is 3.80. The Labute approximate surface area is 120 Å². The summed E-state index contributed by atoms with van der Waals surface area (Å²) in [4.78, 5) is 17.3. The van der Waals surface area contributed by atoms with Gasteiger partial charge in [0.25, 0.3) is 0 Å². The number of aromatic nitrogens is 1. The highest BCUT2D eigenvalue weighted by molar-refractivity contribution is 8.07. The fourth-order valence-electron chi connectivity index (χ4n) is 1.85. The molecule has 1 aliphatic heterocycles. The molecule has 102 valence electrons. The van der Waals surface area contributed by atoms with Gasteiger partial charge in [-0.1, -0.05) is 6.92 Å².